The highest BCUT2D eigenvalue weighted by molar-refractivity contribution is 5.88. The zero-order valence-corrected chi connectivity index (χ0v) is 15.2. The van der Waals surface area contributed by atoms with E-state index in [4.69, 9.17) is 9.63 Å². The number of carboxylic acid groups (broad SMARTS) is 1. The van der Waals surface area contributed by atoms with E-state index in [9.17, 15) is 4.79 Å². The van der Waals surface area contributed by atoms with Crippen molar-refractivity contribution < 1.29 is 14.4 Å². The average molecular weight is 369 g/mol. The highest BCUT2D eigenvalue weighted by Crippen LogP contribution is 2.26. The Balaban J connectivity index is 1.45. The number of aromatic nitrogens is 1. The summed E-state index contributed by atoms with van der Waals surface area (Å²) in [7, 11) is 0. The van der Waals surface area contributed by atoms with E-state index >= 15 is 0 Å². The predicted octanol–water partition coefficient (Wildman–Crippen LogP) is 5.49. The summed E-state index contributed by atoms with van der Waals surface area (Å²) in [4.78, 5) is 11.0. The molecule has 0 amide bonds. The molecule has 4 nitrogen and oxygen atoms in total. The summed E-state index contributed by atoms with van der Waals surface area (Å²) in [6, 6.07) is 27.2. The van der Waals surface area contributed by atoms with Crippen LogP contribution >= 0.6 is 0 Å². The Labute approximate surface area is 163 Å². The van der Waals surface area contributed by atoms with E-state index in [1.54, 1.807) is 24.3 Å². The van der Waals surface area contributed by atoms with Gasteiger partial charge >= 0.3 is 5.97 Å². The predicted molar refractivity (Wildman–Crippen MR) is 108 cm³/mol. The molecule has 1 heterocycles. The highest BCUT2D eigenvalue weighted by Gasteiger charge is 2.10. The second-order valence-electron chi connectivity index (χ2n) is 6.64. The molecule has 3 aromatic carbocycles. The van der Waals surface area contributed by atoms with Crippen LogP contribution in [0, 0.1) is 0 Å². The van der Waals surface area contributed by atoms with Crippen molar-refractivity contribution >= 4 is 5.97 Å². The van der Waals surface area contributed by atoms with E-state index < -0.39 is 5.97 Å². The lowest BCUT2D eigenvalue weighted by atomic mass is 10.0. The summed E-state index contributed by atoms with van der Waals surface area (Å²) in [5.74, 6) is -0.258. The van der Waals surface area contributed by atoms with Gasteiger partial charge in [-0.15, -0.1) is 0 Å². The Morgan fingerprint density at radius 1 is 0.786 bits per heavy atom. The molecule has 28 heavy (non-hydrogen) atoms. The van der Waals surface area contributed by atoms with E-state index in [1.165, 1.54) is 11.1 Å². The summed E-state index contributed by atoms with van der Waals surface area (Å²) in [6.45, 7) is 0. The smallest absolute Gasteiger partial charge is 0.335 e. The fourth-order valence-corrected chi connectivity index (χ4v) is 3.10. The zero-order valence-electron chi connectivity index (χ0n) is 15.2. The average Bonchev–Trinajstić information content (AvgIpc) is 3.24. The topological polar surface area (TPSA) is 63.3 Å². The van der Waals surface area contributed by atoms with Crippen molar-refractivity contribution in [3.05, 3.63) is 102 Å². The maximum absolute atomic E-state index is 11.0. The molecule has 0 saturated carbocycles. The largest absolute Gasteiger partial charge is 0.478 e. The first kappa shape index (κ1) is 17.7. The third-order valence-electron chi connectivity index (χ3n) is 4.72. The molecule has 0 atom stereocenters. The molecule has 138 valence electrons. The SMILES string of the molecule is O=C(O)c1ccc(-c2cc(-c3ccc(CCc4ccccc4)cc3)on2)cc1. The maximum atomic E-state index is 11.0. The van der Waals surface area contributed by atoms with Gasteiger partial charge in [0.15, 0.2) is 5.76 Å². The standard InChI is InChI=1S/C24H19NO3/c26-24(27)21-14-12-19(13-15-21)22-16-23(28-25-22)20-10-8-18(9-11-20)7-6-17-4-2-1-3-5-17/h1-5,8-16H,6-7H2,(H,26,27). The zero-order chi connectivity index (χ0) is 19.3. The monoisotopic (exact) mass is 369 g/mol. The van der Waals surface area contributed by atoms with Crippen LogP contribution in [0.15, 0.2) is 89.5 Å². The second kappa shape index (κ2) is 7.92. The molecule has 1 N–H and O–H groups in total. The third-order valence-corrected chi connectivity index (χ3v) is 4.72. The van der Waals surface area contributed by atoms with Crippen LogP contribution in [0.25, 0.3) is 22.6 Å². The van der Waals surface area contributed by atoms with Gasteiger partial charge in [0.05, 0.1) is 5.56 Å². The van der Waals surface area contributed by atoms with E-state index in [1.807, 2.05) is 24.3 Å². The first-order valence-electron chi connectivity index (χ1n) is 9.13. The summed E-state index contributed by atoms with van der Waals surface area (Å²) >= 11 is 0. The van der Waals surface area contributed by atoms with Crippen molar-refractivity contribution in [3.8, 4) is 22.6 Å². The lowest BCUT2D eigenvalue weighted by Gasteiger charge is -2.03. The fraction of sp³-hybridized carbons (Fsp3) is 0.0833. The van der Waals surface area contributed by atoms with Gasteiger partial charge in [0, 0.05) is 17.2 Å². The molecule has 0 aliphatic carbocycles. The summed E-state index contributed by atoms with van der Waals surface area (Å²) in [5.41, 5.74) is 5.32. The van der Waals surface area contributed by atoms with Gasteiger partial charge in [-0.2, -0.15) is 0 Å². The van der Waals surface area contributed by atoms with Crippen molar-refractivity contribution in [2.75, 3.05) is 0 Å². The normalized spacial score (nSPS) is 10.7. The number of hydrogen-bond acceptors (Lipinski definition) is 3. The molecule has 0 aliphatic rings. The molecule has 4 rings (SSSR count). The van der Waals surface area contributed by atoms with Gasteiger partial charge in [-0.05, 0) is 36.1 Å². The van der Waals surface area contributed by atoms with Crippen LogP contribution in [0.3, 0.4) is 0 Å². The van der Waals surface area contributed by atoms with E-state index in [0.717, 1.165) is 24.0 Å². The van der Waals surface area contributed by atoms with Crippen LogP contribution in [-0.2, 0) is 12.8 Å². The van der Waals surface area contributed by atoms with E-state index in [0.29, 0.717) is 11.5 Å². The molecular formula is C24H19NO3. The molecule has 0 unspecified atom stereocenters. The first-order valence-corrected chi connectivity index (χ1v) is 9.13. The van der Waals surface area contributed by atoms with Gasteiger partial charge in [-0.25, -0.2) is 4.79 Å². The number of benzene rings is 3. The Kier molecular flexibility index (Phi) is 5.02. The quantitative estimate of drug-likeness (QED) is 0.488. The summed E-state index contributed by atoms with van der Waals surface area (Å²) in [5, 5.41) is 13.1. The van der Waals surface area contributed by atoms with Crippen LogP contribution in [0.5, 0.6) is 0 Å². The van der Waals surface area contributed by atoms with Gasteiger partial charge in [0.25, 0.3) is 0 Å². The fourth-order valence-electron chi connectivity index (χ4n) is 3.10. The van der Waals surface area contributed by atoms with Gasteiger partial charge in [-0.1, -0.05) is 71.9 Å². The number of rotatable bonds is 6. The Morgan fingerprint density at radius 3 is 2.04 bits per heavy atom. The third kappa shape index (κ3) is 4.01. The Morgan fingerprint density at radius 2 is 1.39 bits per heavy atom. The number of aryl methyl sites for hydroxylation is 2. The highest BCUT2D eigenvalue weighted by atomic mass is 16.5. The van der Waals surface area contributed by atoms with Crippen molar-refractivity contribution in [2.24, 2.45) is 0 Å². The van der Waals surface area contributed by atoms with Crippen LogP contribution in [-0.4, -0.2) is 16.2 Å². The minimum atomic E-state index is -0.945. The number of aromatic carboxylic acids is 1. The van der Waals surface area contributed by atoms with Gasteiger partial charge in [0.1, 0.15) is 5.69 Å². The van der Waals surface area contributed by atoms with Gasteiger partial charge < -0.3 is 9.63 Å². The van der Waals surface area contributed by atoms with E-state index in [2.05, 4.69) is 41.6 Å². The number of nitrogens with zero attached hydrogens (tertiary/aromatic N) is 1. The molecule has 4 heteroatoms. The lowest BCUT2D eigenvalue weighted by molar-refractivity contribution is 0.0697. The number of carboxylic acids is 1. The van der Waals surface area contributed by atoms with Gasteiger partial charge in [0.2, 0.25) is 0 Å². The molecule has 1 aromatic heterocycles. The maximum Gasteiger partial charge on any atom is 0.335 e. The van der Waals surface area contributed by atoms with Crippen molar-refractivity contribution in [3.63, 3.8) is 0 Å². The van der Waals surface area contributed by atoms with Gasteiger partial charge in [-0.3, -0.25) is 0 Å². The van der Waals surface area contributed by atoms with E-state index in [-0.39, 0.29) is 5.56 Å². The molecular weight excluding hydrogens is 350 g/mol. The van der Waals surface area contributed by atoms with Crippen LogP contribution in [0.4, 0.5) is 0 Å². The lowest BCUT2D eigenvalue weighted by Crippen LogP contribution is -1.94. The van der Waals surface area contributed by atoms with Crippen molar-refractivity contribution in [1.82, 2.24) is 5.16 Å². The minimum absolute atomic E-state index is 0.249. The van der Waals surface area contributed by atoms with Crippen LogP contribution < -0.4 is 0 Å². The van der Waals surface area contributed by atoms with Crippen molar-refractivity contribution in [2.45, 2.75) is 12.8 Å². The molecule has 4 aromatic rings. The minimum Gasteiger partial charge on any atom is -0.478 e. The molecule has 0 saturated heterocycles. The second-order valence-corrected chi connectivity index (χ2v) is 6.64. The first-order chi connectivity index (χ1) is 13.7. The van der Waals surface area contributed by atoms with Crippen LogP contribution in [0.2, 0.25) is 0 Å². The molecule has 0 aliphatic heterocycles. The summed E-state index contributed by atoms with van der Waals surface area (Å²) < 4.78 is 5.49. The molecule has 0 radical (unpaired) electrons. The molecule has 0 spiro atoms. The molecule has 0 bridgehead atoms. The number of hydrogen-bond donors (Lipinski definition) is 1. The summed E-state index contributed by atoms with van der Waals surface area (Å²) in [6.07, 6.45) is 2.00. The van der Waals surface area contributed by atoms with Crippen molar-refractivity contribution in [1.29, 1.82) is 0 Å². The Bertz CT molecular complexity index is 1070. The molecule has 0 fully saturated rings. The number of carbonyl (C=O) groups is 1. The van der Waals surface area contributed by atoms with Crippen LogP contribution in [0.1, 0.15) is 21.5 Å². The Hall–Kier alpha value is -3.66.